The van der Waals surface area contributed by atoms with Crippen molar-refractivity contribution in [1.29, 1.82) is 0 Å². The lowest BCUT2D eigenvalue weighted by atomic mass is 10.1. The Morgan fingerprint density at radius 2 is 1.86 bits per heavy atom. The van der Waals surface area contributed by atoms with E-state index in [1.165, 1.54) is 30.2 Å². The highest BCUT2D eigenvalue weighted by molar-refractivity contribution is 5.95. The minimum atomic E-state index is -4.43. The summed E-state index contributed by atoms with van der Waals surface area (Å²) in [4.78, 5) is 39.5. The average molecular weight is 413 g/mol. The molecule has 2 amide bonds. The summed E-state index contributed by atoms with van der Waals surface area (Å²) < 4.78 is 42.3. The van der Waals surface area contributed by atoms with Crippen LogP contribution in [0, 0.1) is 0 Å². The van der Waals surface area contributed by atoms with Gasteiger partial charge in [0.15, 0.2) is 0 Å². The molecule has 158 valence electrons. The molecule has 2 rings (SSSR count). The molecule has 0 aliphatic carbocycles. The van der Waals surface area contributed by atoms with Gasteiger partial charge in [-0.3, -0.25) is 9.59 Å². The maximum Gasteiger partial charge on any atom is 0.416 e. The third-order valence-electron chi connectivity index (χ3n) is 4.46. The molecule has 7 nitrogen and oxygen atoms in total. The smallest absolute Gasteiger partial charge is 0.416 e. The molecule has 0 bridgehead atoms. The van der Waals surface area contributed by atoms with Crippen molar-refractivity contribution in [1.82, 2.24) is 15.1 Å². The van der Waals surface area contributed by atoms with E-state index in [1.54, 1.807) is 0 Å². The Labute approximate surface area is 166 Å². The number of likely N-dealkylation sites (N-methyl/N-ethyl adjacent to an activating group) is 1. The fourth-order valence-corrected chi connectivity index (χ4v) is 2.83. The van der Waals surface area contributed by atoms with Gasteiger partial charge in [-0.15, -0.1) is 0 Å². The number of carbonyl (C=O) groups excluding carboxylic acids is 3. The molecule has 1 N–H and O–H groups in total. The van der Waals surface area contributed by atoms with Crippen LogP contribution in [0.5, 0.6) is 0 Å². The van der Waals surface area contributed by atoms with Gasteiger partial charge in [0.25, 0.3) is 0 Å². The molecule has 0 unspecified atom stereocenters. The summed E-state index contributed by atoms with van der Waals surface area (Å²) in [5.41, 5.74) is -0.374. The number of hydrogen-bond acceptors (Lipinski definition) is 5. The number of halogens is 3. The number of amides is 2. The van der Waals surface area contributed by atoms with Crippen LogP contribution in [0.3, 0.4) is 0 Å². The molecule has 1 aliphatic heterocycles. The van der Waals surface area contributed by atoms with Gasteiger partial charge in [0.05, 0.1) is 19.2 Å². The van der Waals surface area contributed by atoms with Crippen LogP contribution in [0.15, 0.2) is 30.3 Å². The first kappa shape index (κ1) is 22.4. The highest BCUT2D eigenvalue weighted by Gasteiger charge is 2.34. The van der Waals surface area contributed by atoms with Crippen LogP contribution in [0.25, 0.3) is 6.08 Å². The molecule has 1 saturated heterocycles. The summed E-state index contributed by atoms with van der Waals surface area (Å²) in [6, 6.07) is 3.57. The van der Waals surface area contributed by atoms with Crippen molar-refractivity contribution in [2.45, 2.75) is 12.2 Å². The number of ether oxygens (including phenoxy) is 1. The molecule has 1 aliphatic rings. The van der Waals surface area contributed by atoms with Crippen molar-refractivity contribution < 1.29 is 32.3 Å². The summed E-state index contributed by atoms with van der Waals surface area (Å²) in [6.45, 7) is 0.931. The van der Waals surface area contributed by atoms with Crippen LogP contribution in [-0.2, 0) is 25.3 Å². The zero-order valence-corrected chi connectivity index (χ0v) is 16.0. The SMILES string of the molecule is COC(=O)[C@@H]1CN(C)CCN1C(=O)CNC(=O)/C=C/c1ccc(C(F)(F)F)cc1. The molecule has 1 aromatic rings. The number of rotatable bonds is 5. The van der Waals surface area contributed by atoms with E-state index in [4.69, 9.17) is 4.74 Å². The normalized spacial score (nSPS) is 18.0. The van der Waals surface area contributed by atoms with Crippen molar-refractivity contribution in [3.8, 4) is 0 Å². The van der Waals surface area contributed by atoms with E-state index in [2.05, 4.69) is 5.32 Å². The van der Waals surface area contributed by atoms with Crippen molar-refractivity contribution in [2.24, 2.45) is 0 Å². The fourth-order valence-electron chi connectivity index (χ4n) is 2.83. The van der Waals surface area contributed by atoms with Gasteiger partial charge >= 0.3 is 12.1 Å². The number of nitrogens with zero attached hydrogens (tertiary/aromatic N) is 2. The Kier molecular flexibility index (Phi) is 7.38. The Balaban J connectivity index is 1.90. The van der Waals surface area contributed by atoms with Gasteiger partial charge in [0.2, 0.25) is 11.8 Å². The van der Waals surface area contributed by atoms with Crippen LogP contribution >= 0.6 is 0 Å². The number of carbonyl (C=O) groups is 3. The van der Waals surface area contributed by atoms with Crippen molar-refractivity contribution in [3.63, 3.8) is 0 Å². The lowest BCUT2D eigenvalue weighted by Gasteiger charge is -2.38. The minimum absolute atomic E-state index is 0.312. The number of hydrogen-bond donors (Lipinski definition) is 1. The Morgan fingerprint density at radius 3 is 2.45 bits per heavy atom. The molecule has 10 heteroatoms. The topological polar surface area (TPSA) is 79.0 Å². The Hall–Kier alpha value is -2.88. The molecule has 1 heterocycles. The van der Waals surface area contributed by atoms with E-state index < -0.39 is 35.6 Å². The van der Waals surface area contributed by atoms with Crippen LogP contribution in [0.1, 0.15) is 11.1 Å². The second kappa shape index (κ2) is 9.55. The first-order chi connectivity index (χ1) is 13.6. The predicted octanol–water partition coefficient (Wildman–Crippen LogP) is 1.15. The van der Waals surface area contributed by atoms with Gasteiger partial charge in [-0.1, -0.05) is 12.1 Å². The predicted molar refractivity (Wildman–Crippen MR) is 98.5 cm³/mol. The molecule has 29 heavy (non-hydrogen) atoms. The monoisotopic (exact) mass is 413 g/mol. The van der Waals surface area contributed by atoms with E-state index in [0.29, 0.717) is 25.2 Å². The van der Waals surface area contributed by atoms with Crippen LogP contribution < -0.4 is 5.32 Å². The minimum Gasteiger partial charge on any atom is -0.467 e. The molecular formula is C19H22F3N3O4. The maximum absolute atomic E-state index is 12.5. The Morgan fingerprint density at radius 1 is 1.21 bits per heavy atom. The number of alkyl halides is 3. The third kappa shape index (κ3) is 6.31. The number of benzene rings is 1. The highest BCUT2D eigenvalue weighted by atomic mass is 19.4. The largest absolute Gasteiger partial charge is 0.467 e. The summed E-state index contributed by atoms with van der Waals surface area (Å²) in [7, 11) is 3.07. The van der Waals surface area contributed by atoms with Crippen molar-refractivity contribution >= 4 is 23.9 Å². The van der Waals surface area contributed by atoms with Gasteiger partial charge < -0.3 is 19.9 Å². The second-order valence-electron chi connectivity index (χ2n) is 6.56. The van der Waals surface area contributed by atoms with E-state index in [-0.39, 0.29) is 6.54 Å². The van der Waals surface area contributed by atoms with E-state index in [9.17, 15) is 27.6 Å². The molecule has 1 atom stereocenters. The summed E-state index contributed by atoms with van der Waals surface area (Å²) in [6.07, 6.45) is -1.96. The number of piperazine rings is 1. The molecule has 1 fully saturated rings. The molecule has 1 aromatic carbocycles. The molecule has 0 saturated carbocycles. The maximum atomic E-state index is 12.5. The van der Waals surface area contributed by atoms with Gasteiger partial charge in [-0.05, 0) is 30.8 Å². The van der Waals surface area contributed by atoms with E-state index in [1.807, 2.05) is 11.9 Å². The molecular weight excluding hydrogens is 391 g/mol. The van der Waals surface area contributed by atoms with Crippen LogP contribution in [0.2, 0.25) is 0 Å². The Bertz CT molecular complexity index is 778. The van der Waals surface area contributed by atoms with Gasteiger partial charge in [-0.2, -0.15) is 13.2 Å². The number of esters is 1. The number of nitrogens with one attached hydrogen (secondary N) is 1. The summed E-state index contributed by atoms with van der Waals surface area (Å²) >= 11 is 0. The second-order valence-corrected chi connectivity index (χ2v) is 6.56. The standard InChI is InChI=1S/C19H22F3N3O4/c1-24-9-10-25(15(12-24)18(28)29-2)17(27)11-23-16(26)8-5-13-3-6-14(7-4-13)19(20,21)22/h3-8,15H,9-12H2,1-2H3,(H,23,26)/b8-5+/t15-/m0/s1. The summed E-state index contributed by atoms with van der Waals surface area (Å²) in [5.74, 6) is -1.54. The number of methoxy groups -OCH3 is 1. The van der Waals surface area contributed by atoms with Gasteiger partial charge in [0, 0.05) is 25.7 Å². The van der Waals surface area contributed by atoms with E-state index in [0.717, 1.165) is 18.2 Å². The highest BCUT2D eigenvalue weighted by Crippen LogP contribution is 2.29. The fraction of sp³-hybridized carbons (Fsp3) is 0.421. The van der Waals surface area contributed by atoms with E-state index >= 15 is 0 Å². The molecule has 0 radical (unpaired) electrons. The zero-order chi connectivity index (χ0) is 21.6. The molecule has 0 aromatic heterocycles. The first-order valence-corrected chi connectivity index (χ1v) is 8.81. The molecule has 0 spiro atoms. The van der Waals surface area contributed by atoms with Gasteiger partial charge in [0.1, 0.15) is 6.04 Å². The summed E-state index contributed by atoms with van der Waals surface area (Å²) in [5, 5.41) is 2.41. The first-order valence-electron chi connectivity index (χ1n) is 8.81. The lowest BCUT2D eigenvalue weighted by Crippen LogP contribution is -2.59. The van der Waals surface area contributed by atoms with Crippen molar-refractivity contribution in [3.05, 3.63) is 41.5 Å². The third-order valence-corrected chi connectivity index (χ3v) is 4.46. The van der Waals surface area contributed by atoms with Crippen molar-refractivity contribution in [2.75, 3.05) is 40.3 Å². The lowest BCUT2D eigenvalue weighted by molar-refractivity contribution is -0.155. The quantitative estimate of drug-likeness (QED) is 0.579. The average Bonchev–Trinajstić information content (AvgIpc) is 2.69. The zero-order valence-electron chi connectivity index (χ0n) is 16.0. The van der Waals surface area contributed by atoms with Gasteiger partial charge in [-0.25, -0.2) is 4.79 Å². The van der Waals surface area contributed by atoms with Crippen LogP contribution in [0.4, 0.5) is 13.2 Å². The van der Waals surface area contributed by atoms with Crippen LogP contribution in [-0.4, -0.2) is 74.0 Å².